The first-order valence-corrected chi connectivity index (χ1v) is 7.31. The largest absolute Gasteiger partial charge is 0.481 e. The van der Waals surface area contributed by atoms with Gasteiger partial charge in [0.2, 0.25) is 0 Å². The number of nitrogens with zero attached hydrogens (tertiary/aromatic N) is 2. The molecular formula is C15H13N3O3S. The summed E-state index contributed by atoms with van der Waals surface area (Å²) in [6.07, 6.45) is -0.738. The lowest BCUT2D eigenvalue weighted by molar-refractivity contribution is -0.122. The van der Waals surface area contributed by atoms with Gasteiger partial charge in [0.25, 0.3) is 5.91 Å². The Balaban J connectivity index is 1.96. The number of carbonyl (C=O) groups excluding carboxylic acids is 2. The zero-order chi connectivity index (χ0) is 16.1. The highest BCUT2D eigenvalue weighted by Crippen LogP contribution is 2.17. The van der Waals surface area contributed by atoms with Crippen molar-refractivity contribution >= 4 is 28.2 Å². The molecule has 22 heavy (non-hydrogen) atoms. The summed E-state index contributed by atoms with van der Waals surface area (Å²) in [5.74, 6) is -0.0299. The molecule has 2 rings (SSSR count). The van der Waals surface area contributed by atoms with E-state index in [0.29, 0.717) is 22.1 Å². The summed E-state index contributed by atoms with van der Waals surface area (Å²) in [5.41, 5.74) is 0.838. The van der Waals surface area contributed by atoms with Crippen molar-refractivity contribution in [2.24, 2.45) is 0 Å². The Morgan fingerprint density at radius 3 is 2.59 bits per heavy atom. The predicted molar refractivity (Wildman–Crippen MR) is 82.0 cm³/mol. The third-order valence-electron chi connectivity index (χ3n) is 2.76. The summed E-state index contributed by atoms with van der Waals surface area (Å²) in [6.45, 7) is 3.02. The molecule has 6 nitrogen and oxygen atoms in total. The lowest BCUT2D eigenvalue weighted by atomic mass is 10.2. The predicted octanol–water partition coefficient (Wildman–Crippen LogP) is 2.62. The van der Waals surface area contributed by atoms with E-state index in [1.54, 1.807) is 36.6 Å². The van der Waals surface area contributed by atoms with Gasteiger partial charge >= 0.3 is 0 Å². The number of Topliss-reactive ketones (excluding diaryl/α,β-unsaturated/α-hetero) is 1. The molecule has 0 saturated heterocycles. The molecule has 2 aromatic rings. The minimum atomic E-state index is -0.738. The van der Waals surface area contributed by atoms with Crippen molar-refractivity contribution in [3.8, 4) is 11.8 Å². The second-order valence-corrected chi connectivity index (χ2v) is 5.34. The van der Waals surface area contributed by atoms with Crippen molar-refractivity contribution in [3.05, 3.63) is 40.9 Å². The van der Waals surface area contributed by atoms with Crippen molar-refractivity contribution in [2.75, 3.05) is 5.32 Å². The van der Waals surface area contributed by atoms with Crippen LogP contribution in [-0.2, 0) is 4.79 Å². The van der Waals surface area contributed by atoms with Gasteiger partial charge in [0.15, 0.2) is 17.0 Å². The summed E-state index contributed by atoms with van der Waals surface area (Å²) < 4.78 is 5.49. The van der Waals surface area contributed by atoms with E-state index >= 15 is 0 Å². The fraction of sp³-hybridized carbons (Fsp3) is 0.200. The van der Waals surface area contributed by atoms with Crippen LogP contribution in [0.4, 0.5) is 5.13 Å². The summed E-state index contributed by atoms with van der Waals surface area (Å²) in [7, 11) is 0. The molecule has 0 aliphatic carbocycles. The highest BCUT2D eigenvalue weighted by molar-refractivity contribution is 7.14. The number of carbonyl (C=O) groups is 2. The Labute approximate surface area is 131 Å². The van der Waals surface area contributed by atoms with Gasteiger partial charge in [-0.1, -0.05) is 0 Å². The lowest BCUT2D eigenvalue weighted by Gasteiger charge is -2.13. The molecule has 1 aromatic heterocycles. The molecule has 1 aromatic carbocycles. The van der Waals surface area contributed by atoms with Crippen molar-refractivity contribution in [1.29, 1.82) is 5.26 Å². The number of rotatable bonds is 5. The lowest BCUT2D eigenvalue weighted by Crippen LogP contribution is -2.30. The Hall–Kier alpha value is -2.72. The van der Waals surface area contributed by atoms with Crippen LogP contribution in [0, 0.1) is 11.3 Å². The quantitative estimate of drug-likeness (QED) is 0.856. The smallest absolute Gasteiger partial charge is 0.266 e. The van der Waals surface area contributed by atoms with Crippen LogP contribution in [0.1, 0.15) is 29.9 Å². The van der Waals surface area contributed by atoms with Gasteiger partial charge in [0.1, 0.15) is 11.4 Å². The van der Waals surface area contributed by atoms with Gasteiger partial charge in [-0.3, -0.25) is 14.9 Å². The molecule has 0 aliphatic rings. The topological polar surface area (TPSA) is 92.1 Å². The van der Waals surface area contributed by atoms with Crippen LogP contribution in [0.2, 0.25) is 0 Å². The van der Waals surface area contributed by atoms with Crippen LogP contribution in [0.15, 0.2) is 29.6 Å². The molecule has 0 fully saturated rings. The number of hydrogen-bond acceptors (Lipinski definition) is 6. The maximum absolute atomic E-state index is 12.0. The fourth-order valence-corrected chi connectivity index (χ4v) is 2.32. The number of benzene rings is 1. The van der Waals surface area contributed by atoms with E-state index in [1.165, 1.54) is 18.3 Å². The van der Waals surface area contributed by atoms with Gasteiger partial charge < -0.3 is 4.74 Å². The van der Waals surface area contributed by atoms with Crippen molar-refractivity contribution < 1.29 is 14.3 Å². The third kappa shape index (κ3) is 3.90. The normalized spacial score (nSPS) is 11.3. The van der Waals surface area contributed by atoms with Gasteiger partial charge in [-0.05, 0) is 31.2 Å². The van der Waals surface area contributed by atoms with Gasteiger partial charge in [-0.25, -0.2) is 4.98 Å². The zero-order valence-electron chi connectivity index (χ0n) is 12.0. The molecule has 0 saturated carbocycles. The minimum absolute atomic E-state index is 0.154. The monoisotopic (exact) mass is 315 g/mol. The molecule has 7 heteroatoms. The Morgan fingerprint density at radius 1 is 1.36 bits per heavy atom. The molecule has 1 heterocycles. The van der Waals surface area contributed by atoms with Gasteiger partial charge in [0.05, 0.1) is 11.6 Å². The van der Waals surface area contributed by atoms with Gasteiger partial charge in [-0.15, -0.1) is 11.3 Å². The number of anilines is 1. The van der Waals surface area contributed by atoms with Crippen molar-refractivity contribution in [2.45, 2.75) is 20.0 Å². The van der Waals surface area contributed by atoms with E-state index in [2.05, 4.69) is 10.3 Å². The number of ether oxygens (including phenoxy) is 1. The van der Waals surface area contributed by atoms with Crippen molar-refractivity contribution in [1.82, 2.24) is 4.98 Å². The number of aromatic nitrogens is 1. The average molecular weight is 315 g/mol. The Morgan fingerprint density at radius 2 is 2.05 bits per heavy atom. The molecule has 0 aliphatic heterocycles. The standard InChI is InChI=1S/C15H13N3O3S/c1-9(19)13-8-22-15(17-13)18-14(20)10(2)21-12-5-3-11(7-16)4-6-12/h3-6,8,10H,1-2H3,(H,17,18,20)/t10-/m1/s1. The molecule has 0 bridgehead atoms. The first kappa shape index (κ1) is 15.7. The fourth-order valence-electron chi connectivity index (χ4n) is 1.57. The van der Waals surface area contributed by atoms with Crippen LogP contribution in [-0.4, -0.2) is 22.8 Å². The number of hydrogen-bond donors (Lipinski definition) is 1. The molecule has 0 unspecified atom stereocenters. The minimum Gasteiger partial charge on any atom is -0.481 e. The molecule has 112 valence electrons. The molecular weight excluding hydrogens is 302 g/mol. The second-order valence-electron chi connectivity index (χ2n) is 4.48. The Bertz CT molecular complexity index is 731. The van der Waals surface area contributed by atoms with Crippen LogP contribution in [0.5, 0.6) is 5.75 Å². The van der Waals surface area contributed by atoms with E-state index in [0.717, 1.165) is 0 Å². The Kier molecular flexibility index (Phi) is 4.86. The van der Waals surface area contributed by atoms with E-state index in [-0.39, 0.29) is 11.7 Å². The van der Waals surface area contributed by atoms with E-state index in [9.17, 15) is 9.59 Å². The summed E-state index contributed by atoms with van der Waals surface area (Å²) in [5, 5.41) is 13.3. The van der Waals surface area contributed by atoms with E-state index in [4.69, 9.17) is 10.00 Å². The maximum atomic E-state index is 12.0. The molecule has 1 N–H and O–H groups in total. The maximum Gasteiger partial charge on any atom is 0.266 e. The van der Waals surface area contributed by atoms with E-state index < -0.39 is 6.10 Å². The van der Waals surface area contributed by atoms with Gasteiger partial charge in [0, 0.05) is 12.3 Å². The number of thiazole rings is 1. The van der Waals surface area contributed by atoms with Crippen LogP contribution in [0.3, 0.4) is 0 Å². The highest BCUT2D eigenvalue weighted by atomic mass is 32.1. The van der Waals surface area contributed by atoms with Crippen LogP contribution < -0.4 is 10.1 Å². The van der Waals surface area contributed by atoms with Crippen molar-refractivity contribution in [3.63, 3.8) is 0 Å². The molecule has 0 spiro atoms. The SMILES string of the molecule is CC(=O)c1csc(NC(=O)[C@@H](C)Oc2ccc(C#N)cc2)n1. The molecule has 1 amide bonds. The molecule has 0 radical (unpaired) electrons. The zero-order valence-corrected chi connectivity index (χ0v) is 12.8. The summed E-state index contributed by atoms with van der Waals surface area (Å²) >= 11 is 1.18. The van der Waals surface area contributed by atoms with E-state index in [1.807, 2.05) is 6.07 Å². The van der Waals surface area contributed by atoms with Gasteiger partial charge in [-0.2, -0.15) is 5.26 Å². The number of amides is 1. The number of nitriles is 1. The number of nitrogens with one attached hydrogen (secondary N) is 1. The number of ketones is 1. The third-order valence-corrected chi connectivity index (χ3v) is 3.52. The summed E-state index contributed by atoms with van der Waals surface area (Å²) in [4.78, 5) is 27.2. The van der Waals surface area contributed by atoms with Crippen LogP contribution >= 0.6 is 11.3 Å². The second kappa shape index (κ2) is 6.83. The first-order valence-electron chi connectivity index (χ1n) is 6.43. The first-order chi connectivity index (χ1) is 10.5. The average Bonchev–Trinajstić information content (AvgIpc) is 2.96. The highest BCUT2D eigenvalue weighted by Gasteiger charge is 2.17. The summed E-state index contributed by atoms with van der Waals surface area (Å²) in [6, 6.07) is 8.48. The van der Waals surface area contributed by atoms with Crippen LogP contribution in [0.25, 0.3) is 0 Å². The molecule has 1 atom stereocenters.